The molecule has 3 saturated heterocycles. The van der Waals surface area contributed by atoms with Crippen molar-refractivity contribution >= 4 is 23.3 Å². The van der Waals surface area contributed by atoms with Crippen LogP contribution in [0.5, 0.6) is 0 Å². The van der Waals surface area contributed by atoms with Crippen molar-refractivity contribution in [1.82, 2.24) is 15.1 Å². The minimum absolute atomic E-state index is 0.0261. The third-order valence-corrected chi connectivity index (χ3v) is 8.95. The van der Waals surface area contributed by atoms with Crippen molar-refractivity contribution in [2.75, 3.05) is 44.2 Å². The van der Waals surface area contributed by atoms with E-state index in [-0.39, 0.29) is 36.7 Å². The maximum Gasteiger partial charge on any atom is 0.251 e. The maximum absolute atomic E-state index is 14.6. The molecule has 2 aliphatic carbocycles. The van der Waals surface area contributed by atoms with E-state index in [4.69, 9.17) is 4.74 Å². The molecule has 4 atom stereocenters. The molecule has 2 saturated carbocycles. The molecule has 0 unspecified atom stereocenters. The highest BCUT2D eigenvalue weighted by Gasteiger charge is 2.54. The van der Waals surface area contributed by atoms with Crippen LogP contribution >= 0.6 is 0 Å². The number of nitrogens with one attached hydrogen (secondary N) is 1. The van der Waals surface area contributed by atoms with Crippen LogP contribution in [-0.2, 0) is 14.3 Å². The highest BCUT2D eigenvalue weighted by atomic mass is 19.1. The van der Waals surface area contributed by atoms with Gasteiger partial charge in [0.25, 0.3) is 5.91 Å². The number of Topliss-reactive ketones (excluding diaryl/α,β-unsaturated/α-hetero) is 1. The van der Waals surface area contributed by atoms with Crippen molar-refractivity contribution in [3.8, 4) is 0 Å². The standard InChI is InChI=1S/C28H37FN4O4/c29-22-16-33(25-23(34)17-37-26(22)25)28(36)24(18-4-2-1-3-5-18)30-27(35)19-6-8-20(9-7-19)31-12-14-32(15-13-31)21-10-11-21/h6-9,18,21-22,24-26H,1-5,10-17H2,(H,30,35)/t22-,24-,25+,26+/m0/s1. The van der Waals surface area contributed by atoms with Crippen LogP contribution in [0.15, 0.2) is 24.3 Å². The van der Waals surface area contributed by atoms with E-state index in [1.807, 2.05) is 24.3 Å². The number of halogens is 1. The first-order chi connectivity index (χ1) is 18.0. The number of carbonyl (C=O) groups is 3. The number of benzene rings is 1. The quantitative estimate of drug-likeness (QED) is 0.629. The molecule has 9 heteroatoms. The molecule has 2 amide bonds. The van der Waals surface area contributed by atoms with Crippen molar-refractivity contribution in [1.29, 1.82) is 0 Å². The number of alkyl halides is 1. The van der Waals surface area contributed by atoms with Gasteiger partial charge in [0.2, 0.25) is 5.91 Å². The molecule has 1 aromatic rings. The van der Waals surface area contributed by atoms with Crippen molar-refractivity contribution in [2.24, 2.45) is 5.92 Å². The van der Waals surface area contributed by atoms with Gasteiger partial charge in [-0.2, -0.15) is 0 Å². The van der Waals surface area contributed by atoms with E-state index in [1.165, 1.54) is 17.7 Å². The molecule has 0 radical (unpaired) electrons. The Kier molecular flexibility index (Phi) is 6.92. The number of anilines is 1. The zero-order valence-electron chi connectivity index (χ0n) is 21.3. The van der Waals surface area contributed by atoms with E-state index in [0.717, 1.165) is 70.0 Å². The van der Waals surface area contributed by atoms with Gasteiger partial charge < -0.3 is 19.9 Å². The fourth-order valence-corrected chi connectivity index (χ4v) is 6.68. The van der Waals surface area contributed by atoms with Gasteiger partial charge in [-0.15, -0.1) is 0 Å². The summed E-state index contributed by atoms with van der Waals surface area (Å²) < 4.78 is 19.9. The van der Waals surface area contributed by atoms with Crippen LogP contribution in [0, 0.1) is 5.92 Å². The predicted molar refractivity (Wildman–Crippen MR) is 136 cm³/mol. The summed E-state index contributed by atoms with van der Waals surface area (Å²) in [6.07, 6.45) is 5.12. The van der Waals surface area contributed by atoms with E-state index in [1.54, 1.807) is 0 Å². The lowest BCUT2D eigenvalue weighted by molar-refractivity contribution is -0.139. The normalized spacial score (nSPS) is 29.9. The Morgan fingerprint density at radius 1 is 0.973 bits per heavy atom. The second kappa shape index (κ2) is 10.3. The zero-order chi connectivity index (χ0) is 25.5. The Bertz CT molecular complexity index is 1020. The molecule has 0 spiro atoms. The number of ketones is 1. The third kappa shape index (κ3) is 5.00. The molecule has 1 N–H and O–H groups in total. The van der Waals surface area contributed by atoms with E-state index in [0.29, 0.717) is 5.56 Å². The minimum atomic E-state index is -1.39. The van der Waals surface area contributed by atoms with Crippen LogP contribution in [-0.4, -0.2) is 97.1 Å². The molecular formula is C28H37FN4O4. The molecule has 0 aromatic heterocycles. The predicted octanol–water partition coefficient (Wildman–Crippen LogP) is 2.17. The van der Waals surface area contributed by atoms with E-state index in [9.17, 15) is 18.8 Å². The summed E-state index contributed by atoms with van der Waals surface area (Å²) >= 11 is 0. The number of likely N-dealkylation sites (tertiary alicyclic amines) is 1. The molecule has 3 heterocycles. The molecule has 5 fully saturated rings. The van der Waals surface area contributed by atoms with Gasteiger partial charge in [0.05, 0.1) is 6.54 Å². The zero-order valence-corrected chi connectivity index (χ0v) is 21.3. The van der Waals surface area contributed by atoms with Crippen LogP contribution in [0.25, 0.3) is 0 Å². The Balaban J connectivity index is 1.14. The highest BCUT2D eigenvalue weighted by Crippen LogP contribution is 2.33. The molecule has 6 rings (SSSR count). The average molecular weight is 513 g/mol. The molecule has 1 aromatic carbocycles. The molecule has 5 aliphatic rings. The van der Waals surface area contributed by atoms with Crippen LogP contribution in [0.3, 0.4) is 0 Å². The van der Waals surface area contributed by atoms with E-state index in [2.05, 4.69) is 15.1 Å². The Morgan fingerprint density at radius 2 is 1.68 bits per heavy atom. The molecule has 0 bridgehead atoms. The smallest absolute Gasteiger partial charge is 0.251 e. The Labute approximate surface area is 217 Å². The maximum atomic E-state index is 14.6. The summed E-state index contributed by atoms with van der Waals surface area (Å²) in [5.41, 5.74) is 1.60. The largest absolute Gasteiger partial charge is 0.369 e. The van der Waals surface area contributed by atoms with E-state index >= 15 is 0 Å². The number of hydrogen-bond acceptors (Lipinski definition) is 6. The topological polar surface area (TPSA) is 82.2 Å². The average Bonchev–Trinajstić information content (AvgIpc) is 3.64. The summed E-state index contributed by atoms with van der Waals surface area (Å²) in [6, 6.07) is 6.72. The van der Waals surface area contributed by atoms with Gasteiger partial charge in [-0.05, 0) is 55.9 Å². The second-order valence-corrected chi connectivity index (χ2v) is 11.3. The summed E-state index contributed by atoms with van der Waals surface area (Å²) in [7, 11) is 0. The molecule has 8 nitrogen and oxygen atoms in total. The van der Waals surface area contributed by atoms with Crippen molar-refractivity contribution < 1.29 is 23.5 Å². The number of amides is 2. The fourth-order valence-electron chi connectivity index (χ4n) is 6.68. The third-order valence-electron chi connectivity index (χ3n) is 8.95. The van der Waals surface area contributed by atoms with Crippen LogP contribution in [0.2, 0.25) is 0 Å². The molecule has 200 valence electrons. The number of rotatable bonds is 6. The summed E-state index contributed by atoms with van der Waals surface area (Å²) in [5.74, 6) is -0.961. The first-order valence-electron chi connectivity index (χ1n) is 14.0. The number of carbonyl (C=O) groups excluding carboxylic acids is 3. The van der Waals surface area contributed by atoms with Crippen molar-refractivity contribution in [3.63, 3.8) is 0 Å². The highest BCUT2D eigenvalue weighted by molar-refractivity contribution is 5.99. The van der Waals surface area contributed by atoms with Crippen molar-refractivity contribution in [2.45, 2.75) is 75.3 Å². The van der Waals surface area contributed by atoms with Gasteiger partial charge in [-0.25, -0.2) is 4.39 Å². The number of hydrogen-bond donors (Lipinski definition) is 1. The number of nitrogens with zero attached hydrogens (tertiary/aromatic N) is 3. The van der Waals surface area contributed by atoms with Gasteiger partial charge in [0, 0.05) is 43.5 Å². The number of ether oxygens (including phenoxy) is 1. The van der Waals surface area contributed by atoms with Crippen molar-refractivity contribution in [3.05, 3.63) is 29.8 Å². The van der Waals surface area contributed by atoms with E-state index < -0.39 is 24.4 Å². The fraction of sp³-hybridized carbons (Fsp3) is 0.679. The Hall–Kier alpha value is -2.52. The molecule has 37 heavy (non-hydrogen) atoms. The molecular weight excluding hydrogens is 475 g/mol. The lowest BCUT2D eigenvalue weighted by atomic mass is 9.83. The Morgan fingerprint density at radius 3 is 2.35 bits per heavy atom. The first kappa shape index (κ1) is 24.8. The van der Waals surface area contributed by atoms with Crippen LogP contribution in [0.1, 0.15) is 55.3 Å². The van der Waals surface area contributed by atoms with Gasteiger partial charge in [0.1, 0.15) is 31.0 Å². The van der Waals surface area contributed by atoms with Gasteiger partial charge in [-0.3, -0.25) is 19.3 Å². The SMILES string of the molecule is O=C(N[C@H](C(=O)N1C[C@H](F)[C@H]2OCC(=O)[C@H]21)C1CCCCC1)c1ccc(N2CCN(C3CC3)CC2)cc1. The van der Waals surface area contributed by atoms with Gasteiger partial charge in [-0.1, -0.05) is 19.3 Å². The minimum Gasteiger partial charge on any atom is -0.369 e. The monoisotopic (exact) mass is 512 g/mol. The summed E-state index contributed by atoms with van der Waals surface area (Å²) in [6.45, 7) is 3.78. The number of piperazine rings is 1. The molecule has 3 aliphatic heterocycles. The summed E-state index contributed by atoms with van der Waals surface area (Å²) in [4.78, 5) is 45.7. The van der Waals surface area contributed by atoms with Gasteiger partial charge in [0.15, 0.2) is 5.78 Å². The lowest BCUT2D eigenvalue weighted by Crippen LogP contribution is -2.55. The summed E-state index contributed by atoms with van der Waals surface area (Å²) in [5, 5.41) is 2.99. The van der Waals surface area contributed by atoms with Crippen LogP contribution < -0.4 is 10.2 Å². The second-order valence-electron chi connectivity index (χ2n) is 11.3. The van der Waals surface area contributed by atoms with Crippen LogP contribution in [0.4, 0.5) is 10.1 Å². The van der Waals surface area contributed by atoms with Gasteiger partial charge >= 0.3 is 0 Å². The number of fused-ring (bicyclic) bond motifs is 1. The first-order valence-corrected chi connectivity index (χ1v) is 14.0. The lowest BCUT2D eigenvalue weighted by Gasteiger charge is -2.36.